The van der Waals surface area contributed by atoms with Crippen LogP contribution >= 0.6 is 0 Å². The molecule has 0 N–H and O–H groups in total. The second kappa shape index (κ2) is 7.67. The SMILES string of the molecule is COc1ccc(C2=NC(=Cc3c(OC)ccc4ccccc34)C(=O)O2)cc1OC. The molecule has 0 atom stereocenters. The van der Waals surface area contributed by atoms with Gasteiger partial charge in [-0.3, -0.25) is 0 Å². The Bertz CT molecular complexity index is 1160. The fourth-order valence-electron chi connectivity index (χ4n) is 3.24. The van der Waals surface area contributed by atoms with Crippen molar-refractivity contribution < 1.29 is 23.7 Å². The van der Waals surface area contributed by atoms with Gasteiger partial charge in [-0.1, -0.05) is 30.3 Å². The second-order valence-corrected chi connectivity index (χ2v) is 6.31. The number of carbonyl (C=O) groups excluding carboxylic acids is 1. The number of methoxy groups -OCH3 is 3. The average Bonchev–Trinajstić information content (AvgIpc) is 3.13. The Morgan fingerprint density at radius 1 is 0.862 bits per heavy atom. The van der Waals surface area contributed by atoms with E-state index in [1.54, 1.807) is 45.6 Å². The number of hydrogen-bond donors (Lipinski definition) is 0. The zero-order valence-electron chi connectivity index (χ0n) is 16.3. The maximum absolute atomic E-state index is 12.5. The minimum Gasteiger partial charge on any atom is -0.496 e. The Morgan fingerprint density at radius 2 is 1.59 bits per heavy atom. The molecule has 146 valence electrons. The van der Waals surface area contributed by atoms with Crippen LogP contribution in [-0.2, 0) is 9.53 Å². The van der Waals surface area contributed by atoms with Gasteiger partial charge in [0.1, 0.15) is 5.75 Å². The molecule has 6 heteroatoms. The molecular formula is C23H19NO5. The van der Waals surface area contributed by atoms with E-state index in [9.17, 15) is 4.79 Å². The van der Waals surface area contributed by atoms with E-state index in [-0.39, 0.29) is 11.6 Å². The molecule has 0 saturated carbocycles. The molecule has 0 fully saturated rings. The zero-order valence-corrected chi connectivity index (χ0v) is 16.3. The Hall–Kier alpha value is -3.80. The van der Waals surface area contributed by atoms with Gasteiger partial charge in [0.25, 0.3) is 0 Å². The lowest BCUT2D eigenvalue weighted by atomic mass is 10.0. The van der Waals surface area contributed by atoms with Crippen molar-refractivity contribution in [1.29, 1.82) is 0 Å². The number of ether oxygens (including phenoxy) is 4. The van der Waals surface area contributed by atoms with Crippen molar-refractivity contribution in [2.75, 3.05) is 21.3 Å². The quantitative estimate of drug-likeness (QED) is 0.483. The molecule has 1 aliphatic heterocycles. The van der Waals surface area contributed by atoms with Gasteiger partial charge in [-0.05, 0) is 41.1 Å². The highest BCUT2D eigenvalue weighted by Crippen LogP contribution is 2.33. The van der Waals surface area contributed by atoms with E-state index in [1.807, 2.05) is 36.4 Å². The van der Waals surface area contributed by atoms with Gasteiger partial charge in [-0.15, -0.1) is 0 Å². The lowest BCUT2D eigenvalue weighted by Crippen LogP contribution is -2.06. The van der Waals surface area contributed by atoms with Crippen molar-refractivity contribution in [3.05, 3.63) is 71.4 Å². The van der Waals surface area contributed by atoms with E-state index in [2.05, 4.69) is 4.99 Å². The Balaban J connectivity index is 1.79. The number of fused-ring (bicyclic) bond motifs is 1. The summed E-state index contributed by atoms with van der Waals surface area (Å²) in [6, 6.07) is 16.9. The fraction of sp³-hybridized carbons (Fsp3) is 0.130. The van der Waals surface area contributed by atoms with Gasteiger partial charge in [-0.25, -0.2) is 9.79 Å². The standard InChI is InChI=1S/C23H19NO5/c1-26-19-10-8-14-6-4-5-7-16(14)17(19)13-18-23(25)29-22(24-18)15-9-11-20(27-2)21(12-15)28-3/h4-13H,1-3H3. The summed E-state index contributed by atoms with van der Waals surface area (Å²) in [4.78, 5) is 16.9. The molecule has 1 heterocycles. The van der Waals surface area contributed by atoms with Crippen LogP contribution < -0.4 is 14.2 Å². The molecule has 0 aliphatic carbocycles. The molecule has 0 saturated heterocycles. The summed E-state index contributed by atoms with van der Waals surface area (Å²) in [5, 5.41) is 2.00. The van der Waals surface area contributed by atoms with E-state index in [1.165, 1.54) is 0 Å². The molecule has 1 aliphatic rings. The summed E-state index contributed by atoms with van der Waals surface area (Å²) in [5.41, 5.74) is 1.59. The maximum Gasteiger partial charge on any atom is 0.363 e. The van der Waals surface area contributed by atoms with Crippen LogP contribution in [0.4, 0.5) is 0 Å². The minimum absolute atomic E-state index is 0.199. The Morgan fingerprint density at radius 3 is 2.34 bits per heavy atom. The van der Waals surface area contributed by atoms with E-state index in [0.717, 1.165) is 16.3 Å². The summed E-state index contributed by atoms with van der Waals surface area (Å²) in [7, 11) is 4.70. The van der Waals surface area contributed by atoms with Crippen LogP contribution in [0, 0.1) is 0 Å². The lowest BCUT2D eigenvalue weighted by molar-refractivity contribution is -0.129. The summed E-state index contributed by atoms with van der Waals surface area (Å²) < 4.78 is 21.4. The van der Waals surface area contributed by atoms with Crippen LogP contribution in [0.5, 0.6) is 17.2 Å². The molecule has 4 rings (SSSR count). The first-order valence-corrected chi connectivity index (χ1v) is 8.95. The normalized spacial score (nSPS) is 14.7. The van der Waals surface area contributed by atoms with Crippen LogP contribution in [0.1, 0.15) is 11.1 Å². The molecule has 0 aromatic heterocycles. The summed E-state index contributed by atoms with van der Waals surface area (Å²) in [6.07, 6.45) is 1.69. The molecule has 3 aromatic carbocycles. The van der Waals surface area contributed by atoms with Crippen molar-refractivity contribution in [3.63, 3.8) is 0 Å². The van der Waals surface area contributed by atoms with Crippen LogP contribution in [0.3, 0.4) is 0 Å². The predicted molar refractivity (Wildman–Crippen MR) is 111 cm³/mol. The Kier molecular flexibility index (Phi) is 4.91. The number of aliphatic imine (C=N–C) groups is 1. The number of rotatable bonds is 5. The monoisotopic (exact) mass is 389 g/mol. The van der Waals surface area contributed by atoms with E-state index < -0.39 is 5.97 Å². The molecule has 0 amide bonds. The number of cyclic esters (lactones) is 1. The summed E-state index contributed by atoms with van der Waals surface area (Å²) >= 11 is 0. The van der Waals surface area contributed by atoms with E-state index in [4.69, 9.17) is 18.9 Å². The third kappa shape index (κ3) is 3.40. The number of nitrogens with zero attached hydrogens (tertiary/aromatic N) is 1. The molecule has 0 radical (unpaired) electrons. The smallest absolute Gasteiger partial charge is 0.363 e. The highest BCUT2D eigenvalue weighted by molar-refractivity contribution is 6.13. The topological polar surface area (TPSA) is 66.4 Å². The fourth-order valence-corrected chi connectivity index (χ4v) is 3.24. The largest absolute Gasteiger partial charge is 0.496 e. The van der Waals surface area contributed by atoms with Crippen molar-refractivity contribution in [2.24, 2.45) is 4.99 Å². The number of esters is 1. The van der Waals surface area contributed by atoms with Crippen molar-refractivity contribution in [2.45, 2.75) is 0 Å². The van der Waals surface area contributed by atoms with E-state index in [0.29, 0.717) is 22.8 Å². The van der Waals surface area contributed by atoms with Gasteiger partial charge in [-0.2, -0.15) is 0 Å². The third-order valence-corrected chi connectivity index (χ3v) is 4.68. The lowest BCUT2D eigenvalue weighted by Gasteiger charge is -2.08. The van der Waals surface area contributed by atoms with Crippen LogP contribution in [-0.4, -0.2) is 33.2 Å². The number of hydrogen-bond acceptors (Lipinski definition) is 6. The van der Waals surface area contributed by atoms with Crippen LogP contribution in [0.15, 0.2) is 65.3 Å². The first-order valence-electron chi connectivity index (χ1n) is 8.95. The Labute approximate surface area is 168 Å². The van der Waals surface area contributed by atoms with Crippen LogP contribution in [0.25, 0.3) is 16.8 Å². The van der Waals surface area contributed by atoms with Crippen molar-refractivity contribution in [1.82, 2.24) is 0 Å². The maximum atomic E-state index is 12.5. The second-order valence-electron chi connectivity index (χ2n) is 6.31. The molecule has 0 spiro atoms. The molecule has 29 heavy (non-hydrogen) atoms. The molecule has 3 aromatic rings. The third-order valence-electron chi connectivity index (χ3n) is 4.68. The van der Waals surface area contributed by atoms with E-state index >= 15 is 0 Å². The van der Waals surface area contributed by atoms with Gasteiger partial charge in [0.05, 0.1) is 21.3 Å². The first kappa shape index (κ1) is 18.6. The van der Waals surface area contributed by atoms with Gasteiger partial charge < -0.3 is 18.9 Å². The van der Waals surface area contributed by atoms with Gasteiger partial charge >= 0.3 is 5.97 Å². The van der Waals surface area contributed by atoms with Crippen LogP contribution in [0.2, 0.25) is 0 Å². The number of benzene rings is 3. The van der Waals surface area contributed by atoms with Gasteiger partial charge in [0, 0.05) is 11.1 Å². The van der Waals surface area contributed by atoms with Crippen molar-refractivity contribution >= 4 is 28.7 Å². The summed E-state index contributed by atoms with van der Waals surface area (Å²) in [6.45, 7) is 0. The molecule has 0 bridgehead atoms. The molecular weight excluding hydrogens is 370 g/mol. The first-order chi connectivity index (χ1) is 14.1. The number of carbonyl (C=O) groups is 1. The predicted octanol–water partition coefficient (Wildman–Crippen LogP) is 4.21. The zero-order chi connectivity index (χ0) is 20.4. The van der Waals surface area contributed by atoms with Gasteiger partial charge in [0.15, 0.2) is 17.2 Å². The minimum atomic E-state index is -0.523. The molecule has 0 unspecified atom stereocenters. The summed E-state index contributed by atoms with van der Waals surface area (Å²) in [5.74, 6) is 1.44. The van der Waals surface area contributed by atoms with Crippen molar-refractivity contribution in [3.8, 4) is 17.2 Å². The average molecular weight is 389 g/mol. The highest BCUT2D eigenvalue weighted by Gasteiger charge is 2.25. The van der Waals surface area contributed by atoms with Gasteiger partial charge in [0.2, 0.25) is 5.90 Å². The highest BCUT2D eigenvalue weighted by atomic mass is 16.6. The molecule has 6 nitrogen and oxygen atoms in total.